The number of nitro benzene ring substituents is 1. The summed E-state index contributed by atoms with van der Waals surface area (Å²) in [5.74, 6) is 0.111. The van der Waals surface area contributed by atoms with Gasteiger partial charge >= 0.3 is 0 Å². The van der Waals surface area contributed by atoms with Gasteiger partial charge in [-0.25, -0.2) is 23.1 Å². The van der Waals surface area contributed by atoms with Crippen molar-refractivity contribution in [3.8, 4) is 0 Å². The Morgan fingerprint density at radius 2 is 1.77 bits per heavy atom. The first-order chi connectivity index (χ1) is 16.7. The number of amides is 1. The van der Waals surface area contributed by atoms with Crippen LogP contribution in [0.25, 0.3) is 0 Å². The fourth-order valence-electron chi connectivity index (χ4n) is 4.18. The van der Waals surface area contributed by atoms with E-state index in [0.717, 1.165) is 44.5 Å². The molecule has 1 aliphatic heterocycles. The van der Waals surface area contributed by atoms with E-state index in [4.69, 9.17) is 0 Å². The third-order valence-corrected chi connectivity index (χ3v) is 7.43. The van der Waals surface area contributed by atoms with Crippen molar-refractivity contribution in [3.05, 3.63) is 87.7 Å². The number of carbonyl (C=O) groups is 1. The first-order valence-corrected chi connectivity index (χ1v) is 12.7. The zero-order valence-electron chi connectivity index (χ0n) is 19.1. The van der Waals surface area contributed by atoms with Crippen molar-refractivity contribution in [1.29, 1.82) is 0 Å². The fraction of sp³-hybridized carbons (Fsp3) is 0.292. The molecule has 1 aliphatic rings. The van der Waals surface area contributed by atoms with Crippen molar-refractivity contribution < 1.29 is 18.1 Å². The van der Waals surface area contributed by atoms with E-state index in [1.807, 2.05) is 22.9 Å². The molecule has 3 aromatic rings. The summed E-state index contributed by atoms with van der Waals surface area (Å²) in [5, 5.41) is 11.2. The van der Waals surface area contributed by atoms with Crippen LogP contribution in [-0.2, 0) is 16.4 Å². The molecule has 1 saturated heterocycles. The lowest BCUT2D eigenvalue weighted by atomic mass is 9.90. The number of hydrogen-bond acceptors (Lipinski definition) is 8. The quantitative estimate of drug-likeness (QED) is 0.390. The molecular formula is C24H25N5O5S. The molecule has 2 aromatic carbocycles. The number of anilines is 1. The number of nitrogens with one attached hydrogen (secondary N) is 1. The molecule has 10 nitrogen and oxygen atoms in total. The monoisotopic (exact) mass is 495 g/mol. The summed E-state index contributed by atoms with van der Waals surface area (Å²) >= 11 is 0. The van der Waals surface area contributed by atoms with E-state index >= 15 is 0 Å². The second-order valence-corrected chi connectivity index (χ2v) is 10.1. The normalized spacial score (nSPS) is 14.5. The van der Waals surface area contributed by atoms with Gasteiger partial charge in [0.05, 0.1) is 16.2 Å². The van der Waals surface area contributed by atoms with Crippen LogP contribution < -0.4 is 9.62 Å². The highest BCUT2D eigenvalue weighted by Gasteiger charge is 2.28. The van der Waals surface area contributed by atoms with E-state index in [9.17, 15) is 23.3 Å². The predicted molar refractivity (Wildman–Crippen MR) is 130 cm³/mol. The molecule has 0 bridgehead atoms. The summed E-state index contributed by atoms with van der Waals surface area (Å²) in [5.41, 5.74) is 1.00. The van der Waals surface area contributed by atoms with E-state index in [-0.39, 0.29) is 5.56 Å². The van der Waals surface area contributed by atoms with Crippen LogP contribution in [0.3, 0.4) is 0 Å². The zero-order valence-corrected chi connectivity index (χ0v) is 19.9. The summed E-state index contributed by atoms with van der Waals surface area (Å²) in [4.78, 5) is 33.2. The second kappa shape index (κ2) is 10.2. The van der Waals surface area contributed by atoms with Crippen molar-refractivity contribution >= 4 is 27.6 Å². The maximum absolute atomic E-state index is 12.7. The van der Waals surface area contributed by atoms with E-state index < -0.39 is 31.4 Å². The van der Waals surface area contributed by atoms with Crippen LogP contribution >= 0.6 is 0 Å². The average Bonchev–Trinajstić information content (AvgIpc) is 2.84. The number of sulfonamides is 1. The number of aryl methyl sites for hydroxylation is 1. The Labute approximate surface area is 203 Å². The molecule has 0 atom stereocenters. The molecular weight excluding hydrogens is 470 g/mol. The van der Waals surface area contributed by atoms with Gasteiger partial charge in [0.15, 0.2) is 4.90 Å². The van der Waals surface area contributed by atoms with Crippen LogP contribution in [0.4, 0.5) is 11.6 Å². The van der Waals surface area contributed by atoms with Crippen LogP contribution in [0.1, 0.15) is 34.5 Å². The molecule has 1 aromatic heterocycles. The van der Waals surface area contributed by atoms with Gasteiger partial charge in [-0.15, -0.1) is 0 Å². The summed E-state index contributed by atoms with van der Waals surface area (Å²) in [7, 11) is -4.47. The van der Waals surface area contributed by atoms with E-state index in [1.54, 1.807) is 6.92 Å². The van der Waals surface area contributed by atoms with Gasteiger partial charge in [-0.3, -0.25) is 14.9 Å². The Morgan fingerprint density at radius 1 is 1.11 bits per heavy atom. The summed E-state index contributed by atoms with van der Waals surface area (Å²) < 4.78 is 27.2. The molecule has 1 amide bonds. The standard InChI is InChI=1S/C24H25N5O5S/c1-17-20(23(30)27-35(33,34)22-10-6-5-9-21(22)29(31)32)16-25-24(26-17)28-13-11-19(12-14-28)15-18-7-3-2-4-8-18/h2-10,16,19H,11-15H2,1H3,(H,27,30). The first-order valence-electron chi connectivity index (χ1n) is 11.2. The van der Waals surface area contributed by atoms with Gasteiger partial charge in [0, 0.05) is 25.4 Å². The minimum atomic E-state index is -4.47. The van der Waals surface area contributed by atoms with Gasteiger partial charge in [0.25, 0.3) is 21.6 Å². The van der Waals surface area contributed by atoms with Crippen molar-refractivity contribution in [1.82, 2.24) is 14.7 Å². The van der Waals surface area contributed by atoms with Crippen molar-refractivity contribution in [2.75, 3.05) is 18.0 Å². The fourth-order valence-corrected chi connectivity index (χ4v) is 5.32. The molecule has 0 saturated carbocycles. The van der Waals surface area contributed by atoms with Crippen molar-refractivity contribution in [3.63, 3.8) is 0 Å². The molecule has 11 heteroatoms. The van der Waals surface area contributed by atoms with Gasteiger partial charge in [-0.1, -0.05) is 42.5 Å². The Balaban J connectivity index is 1.42. The molecule has 0 spiro atoms. The largest absolute Gasteiger partial charge is 0.341 e. The van der Waals surface area contributed by atoms with Gasteiger partial charge in [0.2, 0.25) is 5.95 Å². The molecule has 2 heterocycles. The van der Waals surface area contributed by atoms with Gasteiger partial charge in [-0.2, -0.15) is 0 Å². The number of nitrogens with zero attached hydrogens (tertiary/aromatic N) is 4. The highest BCUT2D eigenvalue weighted by molar-refractivity contribution is 7.90. The van der Waals surface area contributed by atoms with Gasteiger partial charge in [0.1, 0.15) is 0 Å². The minimum Gasteiger partial charge on any atom is -0.341 e. The van der Waals surface area contributed by atoms with E-state index in [0.29, 0.717) is 17.6 Å². The smallest absolute Gasteiger partial charge is 0.289 e. The van der Waals surface area contributed by atoms with Crippen LogP contribution in [0.5, 0.6) is 0 Å². The van der Waals surface area contributed by atoms with E-state index in [1.165, 1.54) is 23.9 Å². The third-order valence-electron chi connectivity index (χ3n) is 6.05. The van der Waals surface area contributed by atoms with Gasteiger partial charge < -0.3 is 4.90 Å². The lowest BCUT2D eigenvalue weighted by Crippen LogP contribution is -2.36. The molecule has 4 rings (SSSR count). The number of rotatable bonds is 7. The Morgan fingerprint density at radius 3 is 2.43 bits per heavy atom. The molecule has 182 valence electrons. The molecule has 0 aliphatic carbocycles. The minimum absolute atomic E-state index is 0.0186. The summed E-state index contributed by atoms with van der Waals surface area (Å²) in [6, 6.07) is 15.2. The molecule has 1 fully saturated rings. The highest BCUT2D eigenvalue weighted by atomic mass is 32.2. The lowest BCUT2D eigenvalue weighted by molar-refractivity contribution is -0.387. The van der Waals surface area contributed by atoms with Crippen molar-refractivity contribution in [2.45, 2.75) is 31.1 Å². The number of hydrogen-bond donors (Lipinski definition) is 1. The van der Waals surface area contributed by atoms with Gasteiger partial charge in [-0.05, 0) is 43.7 Å². The zero-order chi connectivity index (χ0) is 25.0. The molecule has 0 unspecified atom stereocenters. The van der Waals surface area contributed by atoms with Crippen molar-refractivity contribution in [2.24, 2.45) is 5.92 Å². The first kappa shape index (κ1) is 24.3. The summed E-state index contributed by atoms with van der Waals surface area (Å²) in [6.45, 7) is 3.17. The average molecular weight is 496 g/mol. The highest BCUT2D eigenvalue weighted by Crippen LogP contribution is 2.25. The van der Waals surface area contributed by atoms with Crippen LogP contribution in [0, 0.1) is 23.0 Å². The second-order valence-electron chi connectivity index (χ2n) is 8.45. The molecule has 1 N–H and O–H groups in total. The Bertz CT molecular complexity index is 1340. The van der Waals surface area contributed by atoms with E-state index in [2.05, 4.69) is 27.0 Å². The Kier molecular flexibility index (Phi) is 7.06. The third kappa shape index (κ3) is 5.62. The number of nitro groups is 1. The van der Waals surface area contributed by atoms with Crippen LogP contribution in [0.2, 0.25) is 0 Å². The number of para-hydroxylation sites is 1. The molecule has 0 radical (unpaired) electrons. The van der Waals surface area contributed by atoms with Crippen LogP contribution in [0.15, 0.2) is 65.7 Å². The predicted octanol–water partition coefficient (Wildman–Crippen LogP) is 3.27. The maximum Gasteiger partial charge on any atom is 0.289 e. The number of piperidine rings is 1. The summed E-state index contributed by atoms with van der Waals surface area (Å²) in [6.07, 6.45) is 4.31. The number of benzene rings is 2. The lowest BCUT2D eigenvalue weighted by Gasteiger charge is -2.32. The SMILES string of the molecule is Cc1nc(N2CCC(Cc3ccccc3)CC2)ncc1C(=O)NS(=O)(=O)c1ccccc1[N+](=O)[O-]. The topological polar surface area (TPSA) is 135 Å². The van der Waals surface area contributed by atoms with Crippen LogP contribution in [-0.4, -0.2) is 42.3 Å². The number of carbonyl (C=O) groups excluding carboxylic acids is 1. The maximum atomic E-state index is 12.7. The number of aromatic nitrogens is 2. The molecule has 35 heavy (non-hydrogen) atoms. The Hall–Kier alpha value is -3.86.